The monoisotopic (exact) mass is 229 g/mol. The molecule has 5 heteroatoms. The second-order valence-corrected chi connectivity index (χ2v) is 4.35. The van der Waals surface area contributed by atoms with E-state index < -0.39 is 0 Å². The van der Waals surface area contributed by atoms with E-state index in [2.05, 4.69) is 20.3 Å². The van der Waals surface area contributed by atoms with Crippen molar-refractivity contribution in [1.82, 2.24) is 15.2 Å². The molecule has 5 nitrogen and oxygen atoms in total. The molecule has 0 radical (unpaired) electrons. The molecule has 0 saturated heterocycles. The van der Waals surface area contributed by atoms with Gasteiger partial charge in [0.1, 0.15) is 6.67 Å². The summed E-state index contributed by atoms with van der Waals surface area (Å²) in [4.78, 5) is 15.0. The summed E-state index contributed by atoms with van der Waals surface area (Å²) in [5.41, 5.74) is 1.03. The van der Waals surface area contributed by atoms with Crippen molar-refractivity contribution in [3.63, 3.8) is 0 Å². The first-order valence-electron chi connectivity index (χ1n) is 5.89. The Balaban J connectivity index is 1.54. The van der Waals surface area contributed by atoms with Crippen molar-refractivity contribution < 1.29 is 0 Å². The first kappa shape index (κ1) is 10.3. The van der Waals surface area contributed by atoms with E-state index in [9.17, 15) is 0 Å². The number of pyridine rings is 1. The maximum atomic E-state index is 4.39. The van der Waals surface area contributed by atoms with E-state index in [-0.39, 0.29) is 0 Å². The summed E-state index contributed by atoms with van der Waals surface area (Å²) in [6, 6.07) is 6.53. The Hall–Kier alpha value is -1.91. The lowest BCUT2D eigenvalue weighted by molar-refractivity contribution is 0.427. The zero-order valence-electron chi connectivity index (χ0n) is 9.58. The van der Waals surface area contributed by atoms with Gasteiger partial charge in [0, 0.05) is 12.2 Å². The van der Waals surface area contributed by atoms with Gasteiger partial charge in [0.15, 0.2) is 0 Å². The lowest BCUT2D eigenvalue weighted by Crippen LogP contribution is -2.33. The second kappa shape index (κ2) is 4.53. The van der Waals surface area contributed by atoms with E-state index >= 15 is 0 Å². The average molecular weight is 229 g/mol. The van der Waals surface area contributed by atoms with Crippen LogP contribution in [0.5, 0.6) is 0 Å². The molecular weight excluding hydrogens is 214 g/mol. The van der Waals surface area contributed by atoms with E-state index in [4.69, 9.17) is 0 Å². The van der Waals surface area contributed by atoms with Gasteiger partial charge in [-0.2, -0.15) is 0 Å². The molecular formula is C12H15N5. The maximum Gasteiger partial charge on any atom is 0.221 e. The van der Waals surface area contributed by atoms with Crippen molar-refractivity contribution in [3.05, 3.63) is 30.1 Å². The zero-order chi connectivity index (χ0) is 11.5. The highest BCUT2D eigenvalue weighted by atomic mass is 15.3. The fourth-order valence-corrected chi connectivity index (χ4v) is 1.66. The van der Waals surface area contributed by atoms with E-state index in [0.717, 1.165) is 18.2 Å². The standard InChI is InChI=1S/C12H15N5/c1-2-6-13-11(3-1)7-17-8-14-12(15-9-17)16-10-4-5-10/h1-3,6,8,10H,4-5,7,9H2,(H,15,16). The molecule has 0 unspecified atom stereocenters. The summed E-state index contributed by atoms with van der Waals surface area (Å²) >= 11 is 0. The van der Waals surface area contributed by atoms with Crippen LogP contribution in [0.15, 0.2) is 34.4 Å². The number of aliphatic imine (C=N–C) groups is 2. The lowest BCUT2D eigenvalue weighted by Gasteiger charge is -2.20. The van der Waals surface area contributed by atoms with Gasteiger partial charge in [0.25, 0.3) is 0 Å². The molecule has 1 N–H and O–H groups in total. The third-order valence-corrected chi connectivity index (χ3v) is 2.75. The first-order valence-corrected chi connectivity index (χ1v) is 5.89. The maximum absolute atomic E-state index is 4.39. The number of hydrogen-bond acceptors (Lipinski definition) is 5. The van der Waals surface area contributed by atoms with Crippen LogP contribution in [0, 0.1) is 0 Å². The van der Waals surface area contributed by atoms with Crippen molar-refractivity contribution in [2.75, 3.05) is 6.67 Å². The van der Waals surface area contributed by atoms with Crippen LogP contribution in [0.2, 0.25) is 0 Å². The number of aromatic nitrogens is 1. The van der Waals surface area contributed by atoms with Crippen LogP contribution in [0.4, 0.5) is 0 Å². The molecule has 0 bridgehead atoms. The summed E-state index contributed by atoms with van der Waals surface area (Å²) in [6.45, 7) is 1.40. The lowest BCUT2D eigenvalue weighted by atomic mass is 10.3. The molecule has 3 rings (SSSR count). The molecule has 2 aliphatic rings. The van der Waals surface area contributed by atoms with Crippen LogP contribution in [-0.2, 0) is 6.54 Å². The molecule has 1 aliphatic carbocycles. The van der Waals surface area contributed by atoms with Gasteiger partial charge in [-0.25, -0.2) is 9.98 Å². The van der Waals surface area contributed by atoms with Crippen LogP contribution in [-0.4, -0.2) is 34.9 Å². The Labute approximate surface area is 100 Å². The molecule has 1 aromatic heterocycles. The molecule has 0 spiro atoms. The number of guanidine groups is 1. The Morgan fingerprint density at radius 1 is 1.35 bits per heavy atom. The normalized spacial score (nSPS) is 19.1. The predicted molar refractivity (Wildman–Crippen MR) is 66.7 cm³/mol. The van der Waals surface area contributed by atoms with Gasteiger partial charge >= 0.3 is 0 Å². The van der Waals surface area contributed by atoms with Gasteiger partial charge in [-0.1, -0.05) is 6.07 Å². The Kier molecular flexibility index (Phi) is 2.73. The second-order valence-electron chi connectivity index (χ2n) is 4.35. The van der Waals surface area contributed by atoms with Crippen LogP contribution in [0.3, 0.4) is 0 Å². The molecule has 17 heavy (non-hydrogen) atoms. The van der Waals surface area contributed by atoms with Crippen molar-refractivity contribution in [1.29, 1.82) is 0 Å². The number of nitrogens with zero attached hydrogens (tertiary/aromatic N) is 4. The highest BCUT2D eigenvalue weighted by molar-refractivity contribution is 5.89. The van der Waals surface area contributed by atoms with Crippen molar-refractivity contribution in [2.24, 2.45) is 9.98 Å². The van der Waals surface area contributed by atoms with E-state index in [1.807, 2.05) is 29.4 Å². The zero-order valence-corrected chi connectivity index (χ0v) is 9.58. The first-order chi connectivity index (χ1) is 8.40. The topological polar surface area (TPSA) is 52.9 Å². The van der Waals surface area contributed by atoms with E-state index in [1.165, 1.54) is 12.8 Å². The van der Waals surface area contributed by atoms with Crippen molar-refractivity contribution in [2.45, 2.75) is 25.4 Å². The van der Waals surface area contributed by atoms with Crippen LogP contribution in [0.25, 0.3) is 0 Å². The highest BCUT2D eigenvalue weighted by Crippen LogP contribution is 2.18. The predicted octanol–water partition coefficient (Wildman–Crippen LogP) is 0.991. The molecule has 0 atom stereocenters. The van der Waals surface area contributed by atoms with E-state index in [1.54, 1.807) is 6.20 Å². The van der Waals surface area contributed by atoms with E-state index in [0.29, 0.717) is 12.7 Å². The minimum atomic E-state index is 0.605. The molecule has 1 saturated carbocycles. The van der Waals surface area contributed by atoms with Gasteiger partial charge in [-0.05, 0) is 25.0 Å². The molecule has 88 valence electrons. The molecule has 1 aromatic rings. The summed E-state index contributed by atoms with van der Waals surface area (Å²) in [5, 5.41) is 3.29. The van der Waals surface area contributed by atoms with Gasteiger partial charge in [-0.15, -0.1) is 0 Å². The molecule has 0 amide bonds. The summed E-state index contributed by atoms with van der Waals surface area (Å²) in [7, 11) is 0. The largest absolute Gasteiger partial charge is 0.352 e. The number of nitrogens with one attached hydrogen (secondary N) is 1. The van der Waals surface area contributed by atoms with Crippen LogP contribution < -0.4 is 5.32 Å². The Morgan fingerprint density at radius 3 is 2.94 bits per heavy atom. The SMILES string of the molecule is C1=NC(NC2CC2)=NCN1Cc1ccccn1. The summed E-state index contributed by atoms with van der Waals surface area (Å²) in [5.74, 6) is 0.768. The van der Waals surface area contributed by atoms with Gasteiger partial charge < -0.3 is 10.2 Å². The van der Waals surface area contributed by atoms with Crippen LogP contribution in [0.1, 0.15) is 18.5 Å². The Morgan fingerprint density at radius 2 is 2.29 bits per heavy atom. The van der Waals surface area contributed by atoms with Crippen molar-refractivity contribution >= 4 is 12.3 Å². The fraction of sp³-hybridized carbons (Fsp3) is 0.417. The number of hydrogen-bond donors (Lipinski definition) is 1. The Bertz CT molecular complexity index is 435. The van der Waals surface area contributed by atoms with Gasteiger partial charge in [0.2, 0.25) is 5.96 Å². The number of rotatable bonds is 3. The molecule has 2 heterocycles. The molecule has 1 aliphatic heterocycles. The fourth-order valence-electron chi connectivity index (χ4n) is 1.66. The average Bonchev–Trinajstić information content (AvgIpc) is 3.17. The van der Waals surface area contributed by atoms with Gasteiger partial charge in [0.05, 0.1) is 18.6 Å². The minimum absolute atomic E-state index is 0.605. The molecule has 1 fully saturated rings. The van der Waals surface area contributed by atoms with Crippen molar-refractivity contribution in [3.8, 4) is 0 Å². The quantitative estimate of drug-likeness (QED) is 0.841. The van der Waals surface area contributed by atoms with Gasteiger partial charge in [-0.3, -0.25) is 4.98 Å². The third kappa shape index (κ3) is 2.81. The highest BCUT2D eigenvalue weighted by Gasteiger charge is 2.22. The van der Waals surface area contributed by atoms with Crippen LogP contribution >= 0.6 is 0 Å². The summed E-state index contributed by atoms with van der Waals surface area (Å²) in [6.07, 6.45) is 6.13. The minimum Gasteiger partial charge on any atom is -0.352 e. The summed E-state index contributed by atoms with van der Waals surface area (Å²) < 4.78 is 0. The smallest absolute Gasteiger partial charge is 0.221 e. The third-order valence-electron chi connectivity index (χ3n) is 2.75. The molecule has 0 aromatic carbocycles.